The Labute approximate surface area is 122 Å². The van der Waals surface area contributed by atoms with Gasteiger partial charge in [-0.1, -0.05) is 0 Å². The van der Waals surface area contributed by atoms with Crippen LogP contribution in [-0.4, -0.2) is 35.0 Å². The zero-order valence-electron chi connectivity index (χ0n) is 10.2. The summed E-state index contributed by atoms with van der Waals surface area (Å²) in [5.41, 5.74) is 0.873. The Morgan fingerprint density at radius 2 is 2.26 bits per heavy atom. The van der Waals surface area contributed by atoms with Gasteiger partial charge < -0.3 is 9.47 Å². The maximum atomic E-state index is 10.7. The van der Waals surface area contributed by atoms with E-state index in [4.69, 9.17) is 9.47 Å². The van der Waals surface area contributed by atoms with Crippen LogP contribution in [0.3, 0.4) is 0 Å². The first kappa shape index (κ1) is 14.2. The monoisotopic (exact) mass is 377 g/mol. The lowest BCUT2D eigenvalue weighted by molar-refractivity contribution is -0.384. The average molecular weight is 377 g/mol. The molecule has 0 aliphatic rings. The van der Waals surface area contributed by atoms with E-state index in [1.54, 1.807) is 17.9 Å². The second-order valence-electron chi connectivity index (χ2n) is 3.78. The lowest BCUT2D eigenvalue weighted by atomic mass is 10.2. The second-order valence-corrected chi connectivity index (χ2v) is 4.80. The number of nitrogens with zero attached hydrogens (tertiary/aromatic N) is 3. The number of methoxy groups -OCH3 is 1. The van der Waals surface area contributed by atoms with Crippen molar-refractivity contribution in [2.24, 2.45) is 0 Å². The molecule has 0 saturated heterocycles. The van der Waals surface area contributed by atoms with Gasteiger partial charge in [-0.05, 0) is 28.7 Å². The molecule has 0 N–H and O–H groups in total. The number of fused-ring (bicyclic) bond motifs is 1. The number of non-ortho nitro benzene ring substituents is 1. The van der Waals surface area contributed by atoms with Gasteiger partial charge in [-0.15, -0.1) is 0 Å². The number of ether oxygens (including phenoxy) is 2. The highest BCUT2D eigenvalue weighted by molar-refractivity contribution is 14.1. The molecule has 0 spiro atoms. The predicted octanol–water partition coefficient (Wildman–Crippen LogP) is 2.17. The van der Waals surface area contributed by atoms with Crippen LogP contribution in [0.15, 0.2) is 18.2 Å². The van der Waals surface area contributed by atoms with Crippen LogP contribution in [0.2, 0.25) is 0 Å². The molecule has 0 aliphatic heterocycles. The Morgan fingerprint density at radius 3 is 2.95 bits per heavy atom. The number of hydrogen-bond donors (Lipinski definition) is 0. The summed E-state index contributed by atoms with van der Waals surface area (Å²) >= 11 is 2.05. The zero-order valence-corrected chi connectivity index (χ0v) is 12.4. The van der Waals surface area contributed by atoms with Crippen molar-refractivity contribution in [2.75, 3.05) is 20.3 Å². The number of nitro benzene ring substituents is 1. The average Bonchev–Trinajstić information content (AvgIpc) is 2.71. The van der Waals surface area contributed by atoms with E-state index in [9.17, 15) is 10.1 Å². The van der Waals surface area contributed by atoms with Gasteiger partial charge in [0.1, 0.15) is 10.4 Å². The molecule has 2 aromatic rings. The third-order valence-corrected chi connectivity index (χ3v) is 3.34. The number of rotatable bonds is 6. The fourth-order valence-corrected chi connectivity index (χ4v) is 2.33. The second kappa shape index (κ2) is 6.26. The molecule has 0 aliphatic carbocycles. The van der Waals surface area contributed by atoms with Crippen molar-refractivity contribution in [3.8, 4) is 0 Å². The maximum Gasteiger partial charge on any atom is 0.270 e. The van der Waals surface area contributed by atoms with E-state index >= 15 is 0 Å². The first-order valence-corrected chi connectivity index (χ1v) is 6.58. The Hall–Kier alpha value is -1.26. The minimum atomic E-state index is -0.415. The summed E-state index contributed by atoms with van der Waals surface area (Å²) in [4.78, 5) is 10.3. The fraction of sp³-hybridized carbons (Fsp3) is 0.364. The Kier molecular flexibility index (Phi) is 4.66. The predicted molar refractivity (Wildman–Crippen MR) is 76.9 cm³/mol. The summed E-state index contributed by atoms with van der Waals surface area (Å²) in [7, 11) is 1.61. The van der Waals surface area contributed by atoms with Crippen LogP contribution >= 0.6 is 22.6 Å². The van der Waals surface area contributed by atoms with Crippen molar-refractivity contribution in [2.45, 2.75) is 6.73 Å². The van der Waals surface area contributed by atoms with Crippen LogP contribution in [0.4, 0.5) is 5.69 Å². The van der Waals surface area contributed by atoms with E-state index in [-0.39, 0.29) is 5.69 Å². The molecule has 0 amide bonds. The van der Waals surface area contributed by atoms with Crippen molar-refractivity contribution in [1.29, 1.82) is 0 Å². The van der Waals surface area contributed by atoms with Crippen LogP contribution in [0.5, 0.6) is 0 Å². The third kappa shape index (κ3) is 3.19. The van der Waals surface area contributed by atoms with E-state index in [0.29, 0.717) is 23.6 Å². The Morgan fingerprint density at radius 1 is 1.47 bits per heavy atom. The third-order valence-electron chi connectivity index (χ3n) is 2.55. The Balaban J connectivity index is 2.24. The number of aromatic nitrogens is 2. The molecule has 0 radical (unpaired) electrons. The van der Waals surface area contributed by atoms with Crippen molar-refractivity contribution in [3.05, 3.63) is 32.0 Å². The van der Waals surface area contributed by atoms with Gasteiger partial charge in [0.25, 0.3) is 5.69 Å². The van der Waals surface area contributed by atoms with Gasteiger partial charge in [0.15, 0.2) is 0 Å². The summed E-state index contributed by atoms with van der Waals surface area (Å²) in [5, 5.41) is 15.8. The van der Waals surface area contributed by atoms with Crippen molar-refractivity contribution in [1.82, 2.24) is 9.78 Å². The van der Waals surface area contributed by atoms with Crippen LogP contribution < -0.4 is 0 Å². The number of hydrogen-bond acceptors (Lipinski definition) is 5. The Bertz CT molecular complexity index is 599. The molecule has 0 fully saturated rings. The number of benzene rings is 1. The van der Waals surface area contributed by atoms with Crippen LogP contribution in [0.25, 0.3) is 10.9 Å². The summed E-state index contributed by atoms with van der Waals surface area (Å²) < 4.78 is 12.7. The minimum absolute atomic E-state index is 0.0604. The number of nitro groups is 1. The molecule has 0 unspecified atom stereocenters. The minimum Gasteiger partial charge on any atom is -0.382 e. The van der Waals surface area contributed by atoms with Crippen LogP contribution in [-0.2, 0) is 16.2 Å². The van der Waals surface area contributed by atoms with E-state index < -0.39 is 4.92 Å². The van der Waals surface area contributed by atoms with Gasteiger partial charge in [0.2, 0.25) is 0 Å². The van der Waals surface area contributed by atoms with E-state index in [0.717, 1.165) is 10.9 Å². The topological polar surface area (TPSA) is 79.4 Å². The van der Waals surface area contributed by atoms with Crippen LogP contribution in [0.1, 0.15) is 0 Å². The molecule has 102 valence electrons. The highest BCUT2D eigenvalue weighted by atomic mass is 127. The molecular formula is C11H12IN3O4. The SMILES string of the molecule is COCCOCn1nc(I)c2cc([N+](=O)[O-])ccc21. The summed E-state index contributed by atoms with van der Waals surface area (Å²) in [6.07, 6.45) is 0. The highest BCUT2D eigenvalue weighted by Gasteiger charge is 2.13. The van der Waals surface area contributed by atoms with Gasteiger partial charge in [-0.3, -0.25) is 10.1 Å². The molecule has 2 rings (SSSR count). The molecule has 1 aromatic carbocycles. The molecule has 1 heterocycles. The molecule has 1 aromatic heterocycles. The largest absolute Gasteiger partial charge is 0.382 e. The van der Waals surface area contributed by atoms with Gasteiger partial charge in [-0.25, -0.2) is 4.68 Å². The molecule has 0 atom stereocenters. The smallest absolute Gasteiger partial charge is 0.270 e. The first-order chi connectivity index (χ1) is 9.13. The van der Waals surface area contributed by atoms with Gasteiger partial charge >= 0.3 is 0 Å². The quantitative estimate of drug-likeness (QED) is 0.334. The first-order valence-electron chi connectivity index (χ1n) is 5.50. The highest BCUT2D eigenvalue weighted by Crippen LogP contribution is 2.25. The molecule has 0 bridgehead atoms. The van der Waals surface area contributed by atoms with Crippen molar-refractivity contribution in [3.63, 3.8) is 0 Å². The summed E-state index contributed by atoms with van der Waals surface area (Å²) in [6, 6.07) is 4.67. The lowest BCUT2D eigenvalue weighted by Gasteiger charge is -2.04. The van der Waals surface area contributed by atoms with Gasteiger partial charge in [0.05, 0.1) is 23.7 Å². The summed E-state index contributed by atoms with van der Waals surface area (Å²) in [5.74, 6) is 0. The van der Waals surface area contributed by atoms with Gasteiger partial charge in [0, 0.05) is 24.6 Å². The zero-order chi connectivity index (χ0) is 13.8. The van der Waals surface area contributed by atoms with Crippen molar-refractivity contribution >= 4 is 39.2 Å². The van der Waals surface area contributed by atoms with E-state index in [1.807, 2.05) is 0 Å². The maximum absolute atomic E-state index is 10.7. The standard InChI is InChI=1S/C11H12IN3O4/c1-18-4-5-19-7-14-10-3-2-8(15(16)17)6-9(10)11(12)13-14/h2-3,6H,4-5,7H2,1H3. The van der Waals surface area contributed by atoms with Crippen LogP contribution in [0, 0.1) is 13.8 Å². The number of halogens is 1. The van der Waals surface area contributed by atoms with Crippen molar-refractivity contribution < 1.29 is 14.4 Å². The molecular weight excluding hydrogens is 365 g/mol. The normalized spacial score (nSPS) is 11.1. The molecule has 7 nitrogen and oxygen atoms in total. The fourth-order valence-electron chi connectivity index (χ4n) is 1.63. The summed E-state index contributed by atoms with van der Waals surface area (Å²) in [6.45, 7) is 1.28. The lowest BCUT2D eigenvalue weighted by Crippen LogP contribution is -2.08. The molecule has 19 heavy (non-hydrogen) atoms. The van der Waals surface area contributed by atoms with E-state index in [1.165, 1.54) is 12.1 Å². The van der Waals surface area contributed by atoms with Gasteiger partial charge in [-0.2, -0.15) is 5.10 Å². The molecule has 0 saturated carbocycles. The molecule has 8 heteroatoms. The van der Waals surface area contributed by atoms with E-state index in [2.05, 4.69) is 27.7 Å².